The van der Waals surface area contributed by atoms with Crippen LogP contribution in [0.1, 0.15) is 46.9 Å². The molecular formula is C30H31N3O5. The molecule has 0 bridgehead atoms. The Labute approximate surface area is 222 Å². The van der Waals surface area contributed by atoms with Crippen LogP contribution in [0.25, 0.3) is 0 Å². The van der Waals surface area contributed by atoms with E-state index in [0.29, 0.717) is 35.7 Å². The molecule has 196 valence electrons. The van der Waals surface area contributed by atoms with Crippen LogP contribution < -0.4 is 10.1 Å². The average Bonchev–Trinajstić information content (AvgIpc) is 3.29. The highest BCUT2D eigenvalue weighted by Crippen LogP contribution is 2.36. The van der Waals surface area contributed by atoms with E-state index in [-0.39, 0.29) is 18.4 Å². The van der Waals surface area contributed by atoms with Gasteiger partial charge in [0.2, 0.25) is 5.91 Å². The Morgan fingerprint density at radius 2 is 1.68 bits per heavy atom. The van der Waals surface area contributed by atoms with E-state index >= 15 is 0 Å². The van der Waals surface area contributed by atoms with Gasteiger partial charge in [0.25, 0.3) is 5.91 Å². The Bertz CT molecular complexity index is 1310. The van der Waals surface area contributed by atoms with E-state index in [1.807, 2.05) is 41.3 Å². The van der Waals surface area contributed by atoms with E-state index in [2.05, 4.69) is 5.32 Å². The van der Waals surface area contributed by atoms with Crippen LogP contribution in [-0.4, -0.2) is 53.9 Å². The fourth-order valence-corrected chi connectivity index (χ4v) is 5.10. The number of ether oxygens (including phenoxy) is 2. The molecule has 0 spiro atoms. The van der Waals surface area contributed by atoms with Crippen molar-refractivity contribution in [2.45, 2.75) is 38.0 Å². The number of nitrogens with one attached hydrogen (secondary N) is 1. The Morgan fingerprint density at radius 3 is 2.45 bits per heavy atom. The molecule has 3 amide bonds. The predicted molar refractivity (Wildman–Crippen MR) is 143 cm³/mol. The van der Waals surface area contributed by atoms with Gasteiger partial charge in [0.15, 0.2) is 12.1 Å². The standard InChI is InChI=1S/C30H31N3O5/c1-37-25-16-7-6-15-24(25)28(34)31-23-14-10-13-22(19-23)27-26(29(35)32-17-8-3-9-18-32)33(30(36)38-27)20-21-11-4-2-5-12-21/h2,4-7,10-16,19,26-27H,3,8-9,17-18,20H2,1H3,(H,31,34). The summed E-state index contributed by atoms with van der Waals surface area (Å²) in [5.74, 6) is 0.0317. The van der Waals surface area contributed by atoms with Gasteiger partial charge < -0.3 is 19.7 Å². The lowest BCUT2D eigenvalue weighted by molar-refractivity contribution is -0.137. The van der Waals surface area contributed by atoms with Crippen molar-refractivity contribution in [3.05, 3.63) is 95.6 Å². The van der Waals surface area contributed by atoms with Gasteiger partial charge in [-0.15, -0.1) is 0 Å². The Morgan fingerprint density at radius 1 is 0.947 bits per heavy atom. The molecule has 1 N–H and O–H groups in total. The largest absolute Gasteiger partial charge is 0.496 e. The van der Waals surface area contributed by atoms with Gasteiger partial charge in [-0.2, -0.15) is 0 Å². The number of benzene rings is 3. The highest BCUT2D eigenvalue weighted by molar-refractivity contribution is 6.06. The number of carbonyl (C=O) groups is 3. The molecule has 38 heavy (non-hydrogen) atoms. The van der Waals surface area contributed by atoms with Crippen LogP contribution in [0.5, 0.6) is 5.75 Å². The summed E-state index contributed by atoms with van der Waals surface area (Å²) in [4.78, 5) is 43.3. The number of likely N-dealkylation sites (tertiary alicyclic amines) is 1. The quantitative estimate of drug-likeness (QED) is 0.479. The normalized spacial score (nSPS) is 19.1. The maximum absolute atomic E-state index is 13.8. The molecule has 0 radical (unpaired) electrons. The number of nitrogens with zero attached hydrogens (tertiary/aromatic N) is 2. The van der Waals surface area contributed by atoms with Crippen LogP contribution in [-0.2, 0) is 16.1 Å². The minimum Gasteiger partial charge on any atom is -0.496 e. The van der Waals surface area contributed by atoms with Crippen molar-refractivity contribution in [1.29, 1.82) is 0 Å². The highest BCUT2D eigenvalue weighted by atomic mass is 16.6. The molecule has 0 saturated carbocycles. The fraction of sp³-hybridized carbons (Fsp3) is 0.300. The van der Waals surface area contributed by atoms with Gasteiger partial charge in [0, 0.05) is 18.8 Å². The van der Waals surface area contributed by atoms with Crippen LogP contribution in [0.15, 0.2) is 78.9 Å². The Balaban J connectivity index is 1.43. The number of hydrogen-bond acceptors (Lipinski definition) is 5. The molecule has 2 atom stereocenters. The zero-order valence-electron chi connectivity index (χ0n) is 21.3. The van der Waals surface area contributed by atoms with Gasteiger partial charge >= 0.3 is 6.09 Å². The lowest BCUT2D eigenvalue weighted by Crippen LogP contribution is -2.49. The maximum Gasteiger partial charge on any atom is 0.411 e. The van der Waals surface area contributed by atoms with Crippen molar-refractivity contribution < 1.29 is 23.9 Å². The Kier molecular flexibility index (Phi) is 7.58. The second-order valence-electron chi connectivity index (χ2n) is 9.53. The van der Waals surface area contributed by atoms with Crippen molar-refractivity contribution >= 4 is 23.6 Å². The monoisotopic (exact) mass is 513 g/mol. The second-order valence-corrected chi connectivity index (χ2v) is 9.53. The van der Waals surface area contributed by atoms with Crippen molar-refractivity contribution in [3.63, 3.8) is 0 Å². The molecular weight excluding hydrogens is 482 g/mol. The summed E-state index contributed by atoms with van der Waals surface area (Å²) in [6.45, 7) is 1.61. The summed E-state index contributed by atoms with van der Waals surface area (Å²) in [5.41, 5.74) is 2.49. The number of cyclic esters (lactones) is 1. The molecule has 2 unspecified atom stereocenters. The third kappa shape index (κ3) is 5.34. The van der Waals surface area contributed by atoms with E-state index in [1.165, 1.54) is 12.0 Å². The van der Waals surface area contributed by atoms with E-state index < -0.39 is 18.2 Å². The van der Waals surface area contributed by atoms with Crippen molar-refractivity contribution in [2.24, 2.45) is 0 Å². The van der Waals surface area contributed by atoms with Gasteiger partial charge in [-0.25, -0.2) is 4.79 Å². The average molecular weight is 514 g/mol. The van der Waals surface area contributed by atoms with E-state index in [4.69, 9.17) is 9.47 Å². The summed E-state index contributed by atoms with van der Waals surface area (Å²) >= 11 is 0. The molecule has 2 saturated heterocycles. The van der Waals surface area contributed by atoms with Gasteiger partial charge in [-0.3, -0.25) is 14.5 Å². The highest BCUT2D eigenvalue weighted by Gasteiger charge is 2.48. The van der Waals surface area contributed by atoms with Crippen LogP contribution in [0.2, 0.25) is 0 Å². The topological polar surface area (TPSA) is 88.2 Å². The molecule has 3 aromatic rings. The van der Waals surface area contributed by atoms with Gasteiger partial charge in [-0.05, 0) is 54.7 Å². The van der Waals surface area contributed by atoms with Gasteiger partial charge in [-0.1, -0.05) is 54.6 Å². The first-order valence-electron chi connectivity index (χ1n) is 12.9. The molecule has 0 aliphatic carbocycles. The lowest BCUT2D eigenvalue weighted by Gasteiger charge is -2.33. The lowest BCUT2D eigenvalue weighted by atomic mass is 9.98. The summed E-state index contributed by atoms with van der Waals surface area (Å²) in [6, 6.07) is 22.9. The first-order chi connectivity index (χ1) is 18.5. The molecule has 8 heteroatoms. The maximum atomic E-state index is 13.8. The number of methoxy groups -OCH3 is 1. The summed E-state index contributed by atoms with van der Waals surface area (Å²) in [5, 5.41) is 2.90. The number of carbonyl (C=O) groups excluding carboxylic acids is 3. The van der Waals surface area contributed by atoms with E-state index in [1.54, 1.807) is 42.5 Å². The number of piperidine rings is 1. The fourth-order valence-electron chi connectivity index (χ4n) is 5.10. The molecule has 8 nitrogen and oxygen atoms in total. The third-order valence-corrected chi connectivity index (χ3v) is 7.03. The van der Waals surface area contributed by atoms with Crippen LogP contribution in [0.4, 0.5) is 10.5 Å². The number of rotatable bonds is 7. The Hall–Kier alpha value is -4.33. The smallest absolute Gasteiger partial charge is 0.411 e. The first-order valence-corrected chi connectivity index (χ1v) is 12.9. The van der Waals surface area contributed by atoms with E-state index in [0.717, 1.165) is 24.8 Å². The zero-order chi connectivity index (χ0) is 26.5. The predicted octanol–water partition coefficient (Wildman–Crippen LogP) is 5.02. The number of anilines is 1. The third-order valence-electron chi connectivity index (χ3n) is 7.03. The molecule has 2 aliphatic rings. The van der Waals surface area contributed by atoms with Crippen LogP contribution in [0.3, 0.4) is 0 Å². The second kappa shape index (κ2) is 11.4. The minimum atomic E-state index is -0.805. The van der Waals surface area contributed by atoms with Crippen LogP contribution in [0, 0.1) is 0 Å². The van der Waals surface area contributed by atoms with Gasteiger partial charge in [0.1, 0.15) is 5.75 Å². The van der Waals surface area contributed by atoms with Crippen LogP contribution >= 0.6 is 0 Å². The summed E-state index contributed by atoms with van der Waals surface area (Å²) in [6.07, 6.45) is 1.65. The molecule has 2 fully saturated rings. The molecule has 3 aromatic carbocycles. The van der Waals surface area contributed by atoms with E-state index in [9.17, 15) is 14.4 Å². The zero-order valence-corrected chi connectivity index (χ0v) is 21.3. The van der Waals surface area contributed by atoms with Crippen molar-refractivity contribution in [3.8, 4) is 5.75 Å². The van der Waals surface area contributed by atoms with Crippen molar-refractivity contribution in [2.75, 3.05) is 25.5 Å². The SMILES string of the molecule is COc1ccccc1C(=O)Nc1cccc(C2OC(=O)N(Cc3ccccc3)C2C(=O)N2CCCCC2)c1. The summed E-state index contributed by atoms with van der Waals surface area (Å²) < 4.78 is 11.2. The summed E-state index contributed by atoms with van der Waals surface area (Å²) in [7, 11) is 1.52. The molecule has 0 aromatic heterocycles. The molecule has 2 aliphatic heterocycles. The molecule has 2 heterocycles. The number of hydrogen-bond donors (Lipinski definition) is 1. The first kappa shape index (κ1) is 25.3. The number of amides is 3. The van der Waals surface area contributed by atoms with Gasteiger partial charge in [0.05, 0.1) is 19.2 Å². The number of para-hydroxylation sites is 1. The minimum absolute atomic E-state index is 0.111. The molecule has 5 rings (SSSR count). The van der Waals surface area contributed by atoms with Crippen molar-refractivity contribution in [1.82, 2.24) is 9.80 Å².